The summed E-state index contributed by atoms with van der Waals surface area (Å²) in [5.41, 5.74) is 1.32. The first kappa shape index (κ1) is 15.7. The Morgan fingerprint density at radius 1 is 1.24 bits per heavy atom. The second kappa shape index (κ2) is 6.58. The van der Waals surface area contributed by atoms with Crippen LogP contribution in [0.3, 0.4) is 0 Å². The number of amides is 1. The van der Waals surface area contributed by atoms with Crippen LogP contribution in [0.25, 0.3) is 0 Å². The van der Waals surface area contributed by atoms with Crippen molar-refractivity contribution in [3.8, 4) is 11.5 Å². The Labute approximate surface area is 146 Å². The lowest BCUT2D eigenvalue weighted by Gasteiger charge is -2.30. The van der Waals surface area contributed by atoms with Crippen molar-refractivity contribution in [3.05, 3.63) is 36.2 Å². The molecule has 0 aliphatic carbocycles. The van der Waals surface area contributed by atoms with Crippen LogP contribution in [0.4, 0.5) is 11.6 Å². The maximum absolute atomic E-state index is 12.5. The topological polar surface area (TPSA) is 76.6 Å². The molecule has 7 nitrogen and oxygen atoms in total. The van der Waals surface area contributed by atoms with Gasteiger partial charge in [-0.15, -0.1) is 0 Å². The molecule has 0 bridgehead atoms. The van der Waals surface area contributed by atoms with E-state index in [1.165, 1.54) is 6.42 Å². The molecule has 1 unspecified atom stereocenters. The van der Waals surface area contributed by atoms with Crippen LogP contribution in [0.15, 0.2) is 30.6 Å². The summed E-state index contributed by atoms with van der Waals surface area (Å²) < 4.78 is 10.6. The van der Waals surface area contributed by atoms with E-state index in [-0.39, 0.29) is 12.7 Å². The first-order valence-corrected chi connectivity index (χ1v) is 8.47. The fourth-order valence-electron chi connectivity index (χ4n) is 3.16. The summed E-state index contributed by atoms with van der Waals surface area (Å²) in [6.07, 6.45) is 5.38. The summed E-state index contributed by atoms with van der Waals surface area (Å²) in [4.78, 5) is 22.9. The molecular weight excluding hydrogens is 320 g/mol. The number of nitrogens with one attached hydrogen (secondary N) is 1. The third-order valence-electron chi connectivity index (χ3n) is 4.47. The Morgan fingerprint density at radius 3 is 2.84 bits per heavy atom. The van der Waals surface area contributed by atoms with Crippen molar-refractivity contribution in [2.45, 2.75) is 19.8 Å². The number of ether oxygens (including phenoxy) is 2. The molecule has 2 aliphatic heterocycles. The number of likely N-dealkylation sites (tertiary alicyclic amines) is 1. The van der Waals surface area contributed by atoms with Gasteiger partial charge in [0.15, 0.2) is 11.5 Å². The molecule has 3 heterocycles. The quantitative estimate of drug-likeness (QED) is 0.926. The molecular formula is C18H20N4O3. The number of hydrogen-bond acceptors (Lipinski definition) is 6. The fourth-order valence-corrected chi connectivity index (χ4v) is 3.16. The summed E-state index contributed by atoms with van der Waals surface area (Å²) in [5, 5.41) is 3.10. The van der Waals surface area contributed by atoms with Crippen LogP contribution in [0.2, 0.25) is 0 Å². The molecule has 7 heteroatoms. The lowest BCUT2D eigenvalue weighted by molar-refractivity contribution is 0.0682. The van der Waals surface area contributed by atoms with Crippen LogP contribution in [0, 0.1) is 5.92 Å². The summed E-state index contributed by atoms with van der Waals surface area (Å²) in [5.74, 6) is 2.40. The molecule has 0 saturated carbocycles. The van der Waals surface area contributed by atoms with Gasteiger partial charge in [-0.3, -0.25) is 4.79 Å². The van der Waals surface area contributed by atoms with Gasteiger partial charge in [0, 0.05) is 37.2 Å². The van der Waals surface area contributed by atoms with Crippen molar-refractivity contribution in [2.24, 2.45) is 5.92 Å². The van der Waals surface area contributed by atoms with Gasteiger partial charge in [-0.05, 0) is 30.9 Å². The van der Waals surface area contributed by atoms with E-state index >= 15 is 0 Å². The number of rotatable bonds is 3. The molecule has 1 amide bonds. The van der Waals surface area contributed by atoms with Crippen LogP contribution in [-0.4, -0.2) is 40.7 Å². The Kier molecular flexibility index (Phi) is 4.13. The number of anilines is 2. The number of fused-ring (bicyclic) bond motifs is 1. The van der Waals surface area contributed by atoms with Gasteiger partial charge in [-0.25, -0.2) is 9.97 Å². The second-order valence-electron chi connectivity index (χ2n) is 6.49. The van der Waals surface area contributed by atoms with Crippen molar-refractivity contribution >= 4 is 17.5 Å². The van der Waals surface area contributed by atoms with E-state index in [1.54, 1.807) is 12.4 Å². The molecule has 2 aromatic rings. The minimum atomic E-state index is 0.00109. The minimum Gasteiger partial charge on any atom is -0.454 e. The summed E-state index contributed by atoms with van der Waals surface area (Å²) in [7, 11) is 0. The average molecular weight is 340 g/mol. The Morgan fingerprint density at radius 2 is 2.04 bits per heavy atom. The predicted octanol–water partition coefficient (Wildman–Crippen LogP) is 2.82. The third-order valence-corrected chi connectivity index (χ3v) is 4.47. The number of benzene rings is 1. The zero-order valence-corrected chi connectivity index (χ0v) is 14.1. The first-order valence-electron chi connectivity index (χ1n) is 8.47. The lowest BCUT2D eigenvalue weighted by atomic mass is 10.00. The molecule has 1 aromatic heterocycles. The normalized spacial score (nSPS) is 18.9. The number of carbonyl (C=O) groups is 1. The van der Waals surface area contributed by atoms with E-state index < -0.39 is 0 Å². The van der Waals surface area contributed by atoms with E-state index in [4.69, 9.17) is 9.47 Å². The fraction of sp³-hybridized carbons (Fsp3) is 0.389. The van der Waals surface area contributed by atoms with Crippen molar-refractivity contribution in [3.63, 3.8) is 0 Å². The van der Waals surface area contributed by atoms with Crippen LogP contribution in [0.5, 0.6) is 11.5 Å². The zero-order valence-electron chi connectivity index (χ0n) is 14.1. The highest BCUT2D eigenvalue weighted by Gasteiger charge is 2.22. The molecule has 0 radical (unpaired) electrons. The molecule has 25 heavy (non-hydrogen) atoms. The standard InChI is InChI=1S/C18H20N4O3/c1-12-3-2-6-22(10-12)17(23)13-8-19-18(20-9-13)21-14-4-5-15-16(7-14)25-11-24-15/h4-5,7-9,12H,2-3,6,10-11H2,1H3,(H,19,20,21). The van der Waals surface area contributed by atoms with E-state index in [2.05, 4.69) is 22.2 Å². The summed E-state index contributed by atoms with van der Waals surface area (Å²) >= 11 is 0. The lowest BCUT2D eigenvalue weighted by Crippen LogP contribution is -2.39. The van der Waals surface area contributed by atoms with E-state index in [0.29, 0.717) is 23.2 Å². The largest absolute Gasteiger partial charge is 0.454 e. The number of carbonyl (C=O) groups excluding carboxylic acids is 1. The average Bonchev–Trinajstić information content (AvgIpc) is 3.09. The van der Waals surface area contributed by atoms with Crippen LogP contribution in [0.1, 0.15) is 30.1 Å². The molecule has 1 fully saturated rings. The molecule has 1 atom stereocenters. The van der Waals surface area contributed by atoms with Gasteiger partial charge in [0.1, 0.15) is 0 Å². The van der Waals surface area contributed by atoms with E-state index in [0.717, 1.165) is 30.9 Å². The van der Waals surface area contributed by atoms with Gasteiger partial charge in [-0.1, -0.05) is 6.92 Å². The molecule has 4 rings (SSSR count). The molecule has 1 saturated heterocycles. The van der Waals surface area contributed by atoms with Gasteiger partial charge < -0.3 is 19.7 Å². The number of aromatic nitrogens is 2. The molecule has 2 aliphatic rings. The molecule has 0 spiro atoms. The smallest absolute Gasteiger partial charge is 0.257 e. The van der Waals surface area contributed by atoms with Crippen LogP contribution < -0.4 is 14.8 Å². The van der Waals surface area contributed by atoms with Crippen molar-refractivity contribution < 1.29 is 14.3 Å². The van der Waals surface area contributed by atoms with Crippen LogP contribution >= 0.6 is 0 Å². The molecule has 130 valence electrons. The maximum Gasteiger partial charge on any atom is 0.257 e. The SMILES string of the molecule is CC1CCCN(C(=O)c2cnc(Nc3ccc4c(c3)OCO4)nc2)C1. The summed E-state index contributed by atoms with van der Waals surface area (Å²) in [6.45, 7) is 4.02. The van der Waals surface area contributed by atoms with Gasteiger partial charge in [0.25, 0.3) is 5.91 Å². The number of nitrogens with zero attached hydrogens (tertiary/aromatic N) is 3. The van der Waals surface area contributed by atoms with Gasteiger partial charge in [0.2, 0.25) is 12.7 Å². The molecule has 1 N–H and O–H groups in total. The highest BCUT2D eigenvalue weighted by molar-refractivity contribution is 5.93. The number of piperidine rings is 1. The Bertz CT molecular complexity index is 778. The van der Waals surface area contributed by atoms with Gasteiger partial charge >= 0.3 is 0 Å². The summed E-state index contributed by atoms with van der Waals surface area (Å²) in [6, 6.07) is 5.53. The highest BCUT2D eigenvalue weighted by Crippen LogP contribution is 2.34. The predicted molar refractivity (Wildman–Crippen MR) is 92.2 cm³/mol. The Balaban J connectivity index is 1.44. The minimum absolute atomic E-state index is 0.00109. The van der Waals surface area contributed by atoms with E-state index in [9.17, 15) is 4.79 Å². The van der Waals surface area contributed by atoms with Crippen molar-refractivity contribution in [2.75, 3.05) is 25.2 Å². The van der Waals surface area contributed by atoms with Crippen molar-refractivity contribution in [1.82, 2.24) is 14.9 Å². The highest BCUT2D eigenvalue weighted by atomic mass is 16.7. The zero-order chi connectivity index (χ0) is 17.2. The Hall–Kier alpha value is -2.83. The van der Waals surface area contributed by atoms with Crippen LogP contribution in [-0.2, 0) is 0 Å². The van der Waals surface area contributed by atoms with Gasteiger partial charge in [0.05, 0.1) is 5.56 Å². The van der Waals surface area contributed by atoms with Gasteiger partial charge in [-0.2, -0.15) is 0 Å². The van der Waals surface area contributed by atoms with Crippen molar-refractivity contribution in [1.29, 1.82) is 0 Å². The second-order valence-corrected chi connectivity index (χ2v) is 6.49. The van der Waals surface area contributed by atoms with E-state index in [1.807, 2.05) is 23.1 Å². The first-order chi connectivity index (χ1) is 12.2. The molecule has 1 aromatic carbocycles. The third kappa shape index (κ3) is 3.35. The monoisotopic (exact) mass is 340 g/mol. The maximum atomic E-state index is 12.5. The number of hydrogen-bond donors (Lipinski definition) is 1.